The van der Waals surface area contributed by atoms with E-state index in [4.69, 9.17) is 6.42 Å². The molecule has 19 heavy (non-hydrogen) atoms. The van der Waals surface area contributed by atoms with Crippen LogP contribution in [0.4, 0.5) is 0 Å². The second-order valence-electron chi connectivity index (χ2n) is 5.43. The molecule has 0 saturated heterocycles. The lowest BCUT2D eigenvalue weighted by molar-refractivity contribution is -0.115. The maximum Gasteiger partial charge on any atom is 0.256 e. The van der Waals surface area contributed by atoms with E-state index in [1.54, 1.807) is 13.8 Å². The normalized spacial score (nSPS) is 17.3. The minimum atomic E-state index is -0.726. The van der Waals surface area contributed by atoms with E-state index in [1.807, 2.05) is 26.0 Å². The highest BCUT2D eigenvalue weighted by Crippen LogP contribution is 2.34. The highest BCUT2D eigenvalue weighted by Gasteiger charge is 2.39. The summed E-state index contributed by atoms with van der Waals surface area (Å²) in [6.45, 7) is 7.32. The molecule has 1 amide bonds. The molecule has 1 heterocycles. The largest absolute Gasteiger partial charge is 0.509 e. The maximum atomic E-state index is 12.1. The molecule has 0 atom stereocenters. The standard InChI is InChI=1S/C16H17NO2/c1-6-11-7-9(2)12(10(3)8-11)13-14(18)16(4,5)17-15(13)19/h1,7-8,18H,2-5H3,(H,17,19). The number of rotatable bonds is 1. The zero-order valence-corrected chi connectivity index (χ0v) is 11.6. The molecule has 0 unspecified atom stereocenters. The van der Waals surface area contributed by atoms with Gasteiger partial charge in [0.2, 0.25) is 0 Å². The van der Waals surface area contributed by atoms with Gasteiger partial charge in [0.15, 0.2) is 0 Å². The van der Waals surface area contributed by atoms with Gasteiger partial charge < -0.3 is 10.4 Å². The first kappa shape index (κ1) is 13.2. The number of benzene rings is 1. The fourth-order valence-electron chi connectivity index (χ4n) is 2.50. The molecule has 3 nitrogen and oxygen atoms in total. The van der Waals surface area contributed by atoms with Gasteiger partial charge in [0.1, 0.15) is 5.76 Å². The number of aliphatic hydroxyl groups is 1. The minimum absolute atomic E-state index is 0.0807. The predicted molar refractivity (Wildman–Crippen MR) is 75.6 cm³/mol. The first-order chi connectivity index (χ1) is 8.77. The first-order valence-electron chi connectivity index (χ1n) is 6.12. The van der Waals surface area contributed by atoms with Crippen LogP contribution < -0.4 is 5.32 Å². The molecule has 2 N–H and O–H groups in total. The summed E-state index contributed by atoms with van der Waals surface area (Å²) in [5.74, 6) is 2.42. The summed E-state index contributed by atoms with van der Waals surface area (Å²) in [6.07, 6.45) is 5.40. The molecule has 0 aromatic heterocycles. The molecule has 98 valence electrons. The Kier molecular flexibility index (Phi) is 2.90. The van der Waals surface area contributed by atoms with E-state index in [9.17, 15) is 9.90 Å². The van der Waals surface area contributed by atoms with Gasteiger partial charge in [0.05, 0.1) is 11.1 Å². The number of hydrogen-bond acceptors (Lipinski definition) is 2. The minimum Gasteiger partial charge on any atom is -0.509 e. The third kappa shape index (κ3) is 2.00. The number of carbonyl (C=O) groups excluding carboxylic acids is 1. The van der Waals surface area contributed by atoms with Crippen molar-refractivity contribution in [3.05, 3.63) is 40.1 Å². The average molecular weight is 255 g/mol. The Morgan fingerprint density at radius 2 is 1.79 bits per heavy atom. The quantitative estimate of drug-likeness (QED) is 0.757. The molecule has 0 saturated carbocycles. The summed E-state index contributed by atoms with van der Waals surface area (Å²) in [4.78, 5) is 12.1. The third-order valence-electron chi connectivity index (χ3n) is 3.43. The van der Waals surface area contributed by atoms with Crippen LogP contribution in [0.2, 0.25) is 0 Å². The van der Waals surface area contributed by atoms with Crippen LogP contribution in [0.3, 0.4) is 0 Å². The highest BCUT2D eigenvalue weighted by atomic mass is 16.3. The van der Waals surface area contributed by atoms with Crippen molar-refractivity contribution in [3.8, 4) is 12.3 Å². The molecule has 3 heteroatoms. The van der Waals surface area contributed by atoms with Gasteiger partial charge in [-0.2, -0.15) is 0 Å². The molecule has 1 aliphatic rings. The summed E-state index contributed by atoms with van der Waals surface area (Å²) in [5, 5.41) is 13.0. The monoisotopic (exact) mass is 255 g/mol. The Hall–Kier alpha value is -2.21. The highest BCUT2D eigenvalue weighted by molar-refractivity contribution is 6.23. The number of aliphatic hydroxyl groups excluding tert-OH is 1. The molecule has 0 fully saturated rings. The van der Waals surface area contributed by atoms with Crippen LogP contribution in [0.5, 0.6) is 0 Å². The van der Waals surface area contributed by atoms with Gasteiger partial charge in [0, 0.05) is 5.56 Å². The molecular weight excluding hydrogens is 238 g/mol. The van der Waals surface area contributed by atoms with E-state index in [1.165, 1.54) is 0 Å². The van der Waals surface area contributed by atoms with Crippen molar-refractivity contribution in [2.24, 2.45) is 0 Å². The van der Waals surface area contributed by atoms with Crippen molar-refractivity contribution < 1.29 is 9.90 Å². The zero-order valence-electron chi connectivity index (χ0n) is 11.6. The van der Waals surface area contributed by atoms with Crippen LogP contribution >= 0.6 is 0 Å². The van der Waals surface area contributed by atoms with Crippen molar-refractivity contribution in [1.82, 2.24) is 5.32 Å². The van der Waals surface area contributed by atoms with Crippen LogP contribution in [0.15, 0.2) is 17.9 Å². The molecular formula is C16H17NO2. The fourth-order valence-corrected chi connectivity index (χ4v) is 2.50. The average Bonchev–Trinajstić information content (AvgIpc) is 2.50. The number of aryl methyl sites for hydroxylation is 2. The summed E-state index contributed by atoms with van der Waals surface area (Å²) < 4.78 is 0. The number of terminal acetylenes is 1. The third-order valence-corrected chi connectivity index (χ3v) is 3.43. The van der Waals surface area contributed by atoms with E-state index in [0.717, 1.165) is 22.3 Å². The Balaban J connectivity index is 2.71. The Bertz CT molecular complexity index is 622. The molecule has 1 aromatic rings. The molecule has 0 spiro atoms. The van der Waals surface area contributed by atoms with E-state index in [2.05, 4.69) is 11.2 Å². The van der Waals surface area contributed by atoms with E-state index < -0.39 is 5.54 Å². The molecule has 0 aliphatic carbocycles. The van der Waals surface area contributed by atoms with Gasteiger partial charge in [-0.05, 0) is 56.5 Å². The van der Waals surface area contributed by atoms with Crippen LogP contribution in [0, 0.1) is 26.2 Å². The first-order valence-corrected chi connectivity index (χ1v) is 6.12. The lowest BCUT2D eigenvalue weighted by Gasteiger charge is -2.17. The maximum absolute atomic E-state index is 12.1. The second-order valence-corrected chi connectivity index (χ2v) is 5.43. The molecule has 0 bridgehead atoms. The summed E-state index contributed by atoms with van der Waals surface area (Å²) in [6, 6.07) is 3.70. The molecule has 1 aromatic carbocycles. The van der Waals surface area contributed by atoms with Crippen molar-refractivity contribution in [1.29, 1.82) is 0 Å². The van der Waals surface area contributed by atoms with Gasteiger partial charge in [-0.3, -0.25) is 4.79 Å². The van der Waals surface area contributed by atoms with E-state index in [-0.39, 0.29) is 11.7 Å². The van der Waals surface area contributed by atoms with Gasteiger partial charge in [-0.15, -0.1) is 6.42 Å². The second kappa shape index (κ2) is 4.17. The summed E-state index contributed by atoms with van der Waals surface area (Å²) >= 11 is 0. The summed E-state index contributed by atoms with van der Waals surface area (Å²) in [7, 11) is 0. The lowest BCUT2D eigenvalue weighted by Crippen LogP contribution is -2.38. The van der Waals surface area contributed by atoms with Gasteiger partial charge in [0.25, 0.3) is 5.91 Å². The van der Waals surface area contributed by atoms with Gasteiger partial charge in [-0.25, -0.2) is 0 Å². The summed E-state index contributed by atoms with van der Waals surface area (Å²) in [5.41, 5.74) is 2.94. The molecule has 0 radical (unpaired) electrons. The number of carbonyl (C=O) groups is 1. The smallest absolute Gasteiger partial charge is 0.256 e. The SMILES string of the molecule is C#Cc1cc(C)c(C2=C(O)C(C)(C)NC2=O)c(C)c1. The van der Waals surface area contributed by atoms with Crippen molar-refractivity contribution >= 4 is 11.5 Å². The van der Waals surface area contributed by atoms with Crippen molar-refractivity contribution in [2.75, 3.05) is 0 Å². The molecule has 1 aliphatic heterocycles. The van der Waals surface area contributed by atoms with Crippen LogP contribution in [0.1, 0.15) is 36.1 Å². The number of nitrogens with one attached hydrogen (secondary N) is 1. The van der Waals surface area contributed by atoms with Gasteiger partial charge in [-0.1, -0.05) is 5.92 Å². The fraction of sp³-hybridized carbons (Fsp3) is 0.312. The van der Waals surface area contributed by atoms with Crippen molar-refractivity contribution in [3.63, 3.8) is 0 Å². The predicted octanol–water partition coefficient (Wildman–Crippen LogP) is 2.46. The van der Waals surface area contributed by atoms with E-state index >= 15 is 0 Å². The zero-order chi connectivity index (χ0) is 14.4. The number of amides is 1. The Morgan fingerprint density at radius 1 is 1.26 bits per heavy atom. The topological polar surface area (TPSA) is 49.3 Å². The van der Waals surface area contributed by atoms with E-state index in [0.29, 0.717) is 5.57 Å². The van der Waals surface area contributed by atoms with Gasteiger partial charge >= 0.3 is 0 Å². The van der Waals surface area contributed by atoms with Crippen LogP contribution in [-0.2, 0) is 4.79 Å². The molecule has 2 rings (SSSR count). The lowest BCUT2D eigenvalue weighted by atomic mass is 9.91. The Morgan fingerprint density at radius 3 is 2.16 bits per heavy atom. The van der Waals surface area contributed by atoms with Crippen LogP contribution in [-0.4, -0.2) is 16.6 Å². The number of hydrogen-bond donors (Lipinski definition) is 2. The van der Waals surface area contributed by atoms with Crippen molar-refractivity contribution in [2.45, 2.75) is 33.2 Å². The Labute approximate surface area is 113 Å². The van der Waals surface area contributed by atoms with Crippen LogP contribution in [0.25, 0.3) is 5.57 Å².